The van der Waals surface area contributed by atoms with Gasteiger partial charge in [-0.2, -0.15) is 0 Å². The highest BCUT2D eigenvalue weighted by Crippen LogP contribution is 2.54. The third-order valence-electron chi connectivity index (χ3n) is 9.04. The molecule has 0 aliphatic heterocycles. The van der Waals surface area contributed by atoms with Crippen LogP contribution >= 0.6 is 0 Å². The van der Waals surface area contributed by atoms with Crippen LogP contribution in [0.4, 0.5) is 0 Å². The smallest absolute Gasteiger partial charge is 0.0715 e. The molecule has 204 valence electrons. The van der Waals surface area contributed by atoms with E-state index in [9.17, 15) is 0 Å². The van der Waals surface area contributed by atoms with Crippen LogP contribution in [0.2, 0.25) is 0 Å². The predicted octanol–water partition coefficient (Wildman–Crippen LogP) is 11.2. The molecule has 7 aromatic rings. The van der Waals surface area contributed by atoms with Crippen LogP contribution in [0.25, 0.3) is 66.7 Å². The van der Waals surface area contributed by atoms with Gasteiger partial charge in [-0.1, -0.05) is 141 Å². The summed E-state index contributed by atoms with van der Waals surface area (Å²) in [7, 11) is 0. The second-order valence-corrected chi connectivity index (χ2v) is 12.0. The highest BCUT2D eigenvalue weighted by atomic mass is 14.7. The van der Waals surface area contributed by atoms with E-state index in [4.69, 9.17) is 4.98 Å². The van der Waals surface area contributed by atoms with Crippen molar-refractivity contribution in [2.75, 3.05) is 0 Å². The number of rotatable bonds is 4. The van der Waals surface area contributed by atoms with Crippen molar-refractivity contribution in [3.63, 3.8) is 0 Å². The second kappa shape index (κ2) is 9.93. The zero-order chi connectivity index (χ0) is 29.0. The van der Waals surface area contributed by atoms with Gasteiger partial charge in [-0.05, 0) is 79.5 Å². The summed E-state index contributed by atoms with van der Waals surface area (Å²) in [5, 5.41) is 2.56. The molecule has 1 aliphatic carbocycles. The fourth-order valence-corrected chi connectivity index (χ4v) is 6.88. The second-order valence-electron chi connectivity index (χ2n) is 12.0. The Labute approximate surface area is 253 Å². The Morgan fingerprint density at radius 1 is 0.419 bits per heavy atom. The monoisotopic (exact) mass is 549 g/mol. The largest absolute Gasteiger partial charge is 0.248 e. The molecule has 1 aliphatic rings. The van der Waals surface area contributed by atoms with Gasteiger partial charge in [0.2, 0.25) is 0 Å². The lowest BCUT2D eigenvalue weighted by Gasteiger charge is -2.23. The van der Waals surface area contributed by atoms with Crippen LogP contribution in [0.3, 0.4) is 0 Å². The van der Waals surface area contributed by atoms with E-state index < -0.39 is 0 Å². The number of fused-ring (bicyclic) bond motifs is 4. The van der Waals surface area contributed by atoms with Gasteiger partial charge in [0.25, 0.3) is 0 Å². The van der Waals surface area contributed by atoms with Crippen molar-refractivity contribution in [3.8, 4) is 55.9 Å². The van der Waals surface area contributed by atoms with Crippen molar-refractivity contribution < 1.29 is 0 Å². The average molecular weight is 550 g/mol. The number of pyridine rings is 1. The quantitative estimate of drug-likeness (QED) is 0.213. The van der Waals surface area contributed by atoms with E-state index in [1.165, 1.54) is 49.7 Å². The Morgan fingerprint density at radius 2 is 1.02 bits per heavy atom. The van der Waals surface area contributed by atoms with Gasteiger partial charge in [-0.3, -0.25) is 0 Å². The van der Waals surface area contributed by atoms with Crippen LogP contribution < -0.4 is 0 Å². The normalized spacial score (nSPS) is 13.1. The van der Waals surface area contributed by atoms with Crippen LogP contribution in [0.5, 0.6) is 0 Å². The first-order valence-corrected chi connectivity index (χ1v) is 15.0. The van der Waals surface area contributed by atoms with Gasteiger partial charge < -0.3 is 0 Å². The summed E-state index contributed by atoms with van der Waals surface area (Å²) < 4.78 is 0. The van der Waals surface area contributed by atoms with Gasteiger partial charge in [-0.25, -0.2) is 4.98 Å². The Hall–Kier alpha value is -5.27. The van der Waals surface area contributed by atoms with Gasteiger partial charge in [0.15, 0.2) is 0 Å². The first kappa shape index (κ1) is 25.4. The van der Waals surface area contributed by atoms with Gasteiger partial charge >= 0.3 is 0 Å². The predicted molar refractivity (Wildman–Crippen MR) is 181 cm³/mol. The van der Waals surface area contributed by atoms with E-state index in [2.05, 4.69) is 166 Å². The average Bonchev–Trinajstić information content (AvgIpc) is 3.30. The molecule has 43 heavy (non-hydrogen) atoms. The molecule has 0 fully saturated rings. The molecule has 0 unspecified atom stereocenters. The zero-order valence-corrected chi connectivity index (χ0v) is 24.4. The molecule has 0 saturated heterocycles. The maximum Gasteiger partial charge on any atom is 0.0715 e. The summed E-state index contributed by atoms with van der Waals surface area (Å²) in [5.74, 6) is 0. The van der Waals surface area contributed by atoms with E-state index in [1.807, 2.05) is 0 Å². The van der Waals surface area contributed by atoms with Crippen molar-refractivity contribution in [2.24, 2.45) is 0 Å². The maximum atomic E-state index is 5.23. The Kier molecular flexibility index (Phi) is 5.87. The number of hydrogen-bond donors (Lipinski definition) is 0. The molecule has 0 amide bonds. The van der Waals surface area contributed by atoms with Gasteiger partial charge in [-0.15, -0.1) is 0 Å². The molecule has 0 saturated carbocycles. The summed E-state index contributed by atoms with van der Waals surface area (Å²) in [6, 6.07) is 54.6. The van der Waals surface area contributed by atoms with Crippen molar-refractivity contribution >= 4 is 10.8 Å². The molecule has 0 radical (unpaired) electrons. The summed E-state index contributed by atoms with van der Waals surface area (Å²) in [6.45, 7) is 4.72. The minimum atomic E-state index is -0.0710. The molecule has 0 spiro atoms. The maximum absolute atomic E-state index is 5.23. The minimum absolute atomic E-state index is 0.0710. The summed E-state index contributed by atoms with van der Waals surface area (Å²) in [4.78, 5) is 5.23. The summed E-state index contributed by atoms with van der Waals surface area (Å²) in [6.07, 6.45) is 0. The van der Waals surface area contributed by atoms with Crippen molar-refractivity contribution in [3.05, 3.63) is 163 Å². The SMILES string of the molecule is CC1(C)c2ccccc2-c2c1cc1ccccc1c2-c1cccc(-c2cc(-c3ccccc3)cc(-c3ccccc3)n2)c1. The third kappa shape index (κ3) is 4.20. The number of hydrogen-bond acceptors (Lipinski definition) is 1. The van der Waals surface area contributed by atoms with Crippen molar-refractivity contribution in [1.82, 2.24) is 4.98 Å². The lowest BCUT2D eigenvalue weighted by molar-refractivity contribution is 0.661. The zero-order valence-electron chi connectivity index (χ0n) is 24.4. The van der Waals surface area contributed by atoms with Crippen LogP contribution in [-0.2, 0) is 5.41 Å². The molecule has 1 heteroatoms. The van der Waals surface area contributed by atoms with Crippen LogP contribution in [0, 0.1) is 0 Å². The first-order valence-electron chi connectivity index (χ1n) is 15.0. The minimum Gasteiger partial charge on any atom is -0.248 e. The van der Waals surface area contributed by atoms with Gasteiger partial charge in [0.05, 0.1) is 11.4 Å². The lowest BCUT2D eigenvalue weighted by atomic mass is 9.80. The van der Waals surface area contributed by atoms with Gasteiger partial charge in [0.1, 0.15) is 0 Å². The fraction of sp³-hybridized carbons (Fsp3) is 0.0714. The molecular formula is C42H31N. The molecule has 1 aromatic heterocycles. The Bertz CT molecular complexity index is 2080. The van der Waals surface area contributed by atoms with Crippen molar-refractivity contribution in [2.45, 2.75) is 19.3 Å². The molecule has 8 rings (SSSR count). The Morgan fingerprint density at radius 3 is 1.81 bits per heavy atom. The fourth-order valence-electron chi connectivity index (χ4n) is 6.88. The molecule has 1 heterocycles. The molecule has 0 N–H and O–H groups in total. The number of nitrogens with zero attached hydrogens (tertiary/aromatic N) is 1. The topological polar surface area (TPSA) is 12.9 Å². The van der Waals surface area contributed by atoms with E-state index in [0.717, 1.165) is 28.1 Å². The van der Waals surface area contributed by atoms with E-state index in [0.29, 0.717) is 0 Å². The molecule has 0 bridgehead atoms. The van der Waals surface area contributed by atoms with E-state index >= 15 is 0 Å². The highest BCUT2D eigenvalue weighted by molar-refractivity contribution is 6.08. The molecule has 0 atom stereocenters. The first-order chi connectivity index (χ1) is 21.1. The van der Waals surface area contributed by atoms with Crippen LogP contribution in [0.1, 0.15) is 25.0 Å². The third-order valence-corrected chi connectivity index (χ3v) is 9.04. The molecule has 6 aromatic carbocycles. The Balaban J connectivity index is 1.37. The molecule has 1 nitrogen and oxygen atoms in total. The van der Waals surface area contributed by atoms with Gasteiger partial charge in [0, 0.05) is 16.5 Å². The summed E-state index contributed by atoms with van der Waals surface area (Å²) in [5.41, 5.74) is 14.4. The highest BCUT2D eigenvalue weighted by Gasteiger charge is 2.37. The standard InChI is InChI=1S/C42H31N/c1-42(2)36-23-12-11-22-35(36)41-37(42)25-30-18-9-10-21-34(30)40(41)32-20-13-19-31(24-32)39-27-33(28-14-5-3-6-15-28)26-38(43-39)29-16-7-4-8-17-29/h3-27H,1-2H3. The van der Waals surface area contributed by atoms with E-state index in [-0.39, 0.29) is 5.41 Å². The number of aromatic nitrogens is 1. The lowest BCUT2D eigenvalue weighted by Crippen LogP contribution is -2.14. The van der Waals surface area contributed by atoms with Crippen LogP contribution in [-0.4, -0.2) is 4.98 Å². The molecular weight excluding hydrogens is 518 g/mol. The summed E-state index contributed by atoms with van der Waals surface area (Å²) >= 11 is 0. The van der Waals surface area contributed by atoms with E-state index in [1.54, 1.807) is 0 Å². The number of benzene rings is 6. The van der Waals surface area contributed by atoms with Crippen LogP contribution in [0.15, 0.2) is 152 Å². The van der Waals surface area contributed by atoms with Crippen molar-refractivity contribution in [1.29, 1.82) is 0 Å².